The molecule has 76 valence electrons. The quantitative estimate of drug-likeness (QED) is 0.607. The summed E-state index contributed by atoms with van der Waals surface area (Å²) in [6.45, 7) is 0.149. The summed E-state index contributed by atoms with van der Waals surface area (Å²) in [6, 6.07) is 2.54. The molecule has 0 aromatic carbocycles. The van der Waals surface area contributed by atoms with Crippen LogP contribution in [0.15, 0.2) is 24.5 Å². The summed E-state index contributed by atoms with van der Waals surface area (Å²) >= 11 is 0. The lowest BCUT2D eigenvalue weighted by Gasteiger charge is -2.12. The Morgan fingerprint density at radius 1 is 1.64 bits per heavy atom. The van der Waals surface area contributed by atoms with Crippen molar-refractivity contribution in [3.05, 3.63) is 30.1 Å². The van der Waals surface area contributed by atoms with Crippen molar-refractivity contribution in [2.75, 3.05) is 13.2 Å². The van der Waals surface area contributed by atoms with Crippen LogP contribution in [0.1, 0.15) is 11.6 Å². The van der Waals surface area contributed by atoms with Crippen molar-refractivity contribution >= 4 is 5.97 Å². The maximum absolute atomic E-state index is 10.8. The number of carboxylic acids is 1. The predicted octanol–water partition coefficient (Wildman–Crippen LogP) is -0.211. The van der Waals surface area contributed by atoms with E-state index in [2.05, 4.69) is 10.3 Å². The second-order valence-electron chi connectivity index (χ2n) is 2.74. The third-order valence-electron chi connectivity index (χ3n) is 1.72. The Morgan fingerprint density at radius 2 is 2.43 bits per heavy atom. The second-order valence-corrected chi connectivity index (χ2v) is 2.74. The minimum atomic E-state index is -0.980. The van der Waals surface area contributed by atoms with Crippen LogP contribution in [0.25, 0.3) is 0 Å². The van der Waals surface area contributed by atoms with E-state index in [9.17, 15) is 4.79 Å². The molecule has 1 aromatic heterocycles. The highest BCUT2D eigenvalue weighted by Gasteiger charge is 2.18. The Morgan fingerprint density at radius 3 is 2.93 bits per heavy atom. The first-order chi connectivity index (χ1) is 6.75. The predicted molar refractivity (Wildman–Crippen MR) is 49.7 cm³/mol. The van der Waals surface area contributed by atoms with Gasteiger partial charge in [0.1, 0.15) is 6.04 Å². The molecule has 0 amide bonds. The van der Waals surface area contributed by atoms with E-state index >= 15 is 0 Å². The molecule has 0 aliphatic carbocycles. The molecule has 14 heavy (non-hydrogen) atoms. The van der Waals surface area contributed by atoms with E-state index < -0.39 is 12.0 Å². The van der Waals surface area contributed by atoms with Crippen LogP contribution in [0.2, 0.25) is 0 Å². The summed E-state index contributed by atoms with van der Waals surface area (Å²) < 4.78 is 0. The van der Waals surface area contributed by atoms with Crippen LogP contribution in [-0.2, 0) is 4.79 Å². The largest absolute Gasteiger partial charge is 0.480 e. The van der Waals surface area contributed by atoms with Crippen molar-refractivity contribution in [1.29, 1.82) is 0 Å². The maximum Gasteiger partial charge on any atom is 0.325 e. The molecule has 3 N–H and O–H groups in total. The van der Waals surface area contributed by atoms with Crippen LogP contribution in [0.5, 0.6) is 0 Å². The smallest absolute Gasteiger partial charge is 0.325 e. The zero-order chi connectivity index (χ0) is 10.4. The topological polar surface area (TPSA) is 82.5 Å². The van der Waals surface area contributed by atoms with Gasteiger partial charge >= 0.3 is 5.97 Å². The summed E-state index contributed by atoms with van der Waals surface area (Å²) in [7, 11) is 0. The number of aliphatic carboxylic acids is 1. The minimum Gasteiger partial charge on any atom is -0.480 e. The summed E-state index contributed by atoms with van der Waals surface area (Å²) in [6.07, 6.45) is 3.07. The molecule has 1 rings (SSSR count). The van der Waals surface area contributed by atoms with Gasteiger partial charge in [0, 0.05) is 18.9 Å². The van der Waals surface area contributed by atoms with Gasteiger partial charge in [0.15, 0.2) is 0 Å². The summed E-state index contributed by atoms with van der Waals surface area (Å²) in [5.41, 5.74) is 0.577. The van der Waals surface area contributed by atoms with Gasteiger partial charge in [-0.2, -0.15) is 0 Å². The number of carbonyl (C=O) groups is 1. The van der Waals surface area contributed by atoms with E-state index in [1.165, 1.54) is 6.20 Å². The Balaban J connectivity index is 2.73. The lowest BCUT2D eigenvalue weighted by molar-refractivity contribution is -0.139. The van der Waals surface area contributed by atoms with Crippen molar-refractivity contribution in [2.24, 2.45) is 0 Å². The highest BCUT2D eigenvalue weighted by atomic mass is 16.4. The van der Waals surface area contributed by atoms with Gasteiger partial charge in [0.25, 0.3) is 0 Å². The molecule has 5 nitrogen and oxygen atoms in total. The standard InChI is InChI=1S/C9H12N2O3/c12-5-4-11-8(9(13)14)7-2-1-3-10-6-7/h1-3,6,8,11-12H,4-5H2,(H,13,14)/t8-/m0/s1. The van der Waals surface area contributed by atoms with E-state index in [0.29, 0.717) is 5.56 Å². The molecule has 0 fully saturated rings. The third kappa shape index (κ3) is 2.79. The fourth-order valence-electron chi connectivity index (χ4n) is 1.10. The van der Waals surface area contributed by atoms with Crippen LogP contribution in [0.3, 0.4) is 0 Å². The normalized spacial score (nSPS) is 12.4. The highest BCUT2D eigenvalue weighted by Crippen LogP contribution is 2.10. The van der Waals surface area contributed by atoms with E-state index in [0.717, 1.165) is 0 Å². The Hall–Kier alpha value is -1.46. The monoisotopic (exact) mass is 196 g/mol. The molecule has 0 bridgehead atoms. The first kappa shape index (κ1) is 10.6. The van der Waals surface area contributed by atoms with Crippen molar-refractivity contribution in [3.63, 3.8) is 0 Å². The average molecular weight is 196 g/mol. The van der Waals surface area contributed by atoms with Gasteiger partial charge in [-0.15, -0.1) is 0 Å². The second kappa shape index (κ2) is 5.31. The molecule has 0 unspecified atom stereocenters. The molecular formula is C9H12N2O3. The number of pyridine rings is 1. The van der Waals surface area contributed by atoms with Crippen molar-refractivity contribution in [3.8, 4) is 0 Å². The third-order valence-corrected chi connectivity index (χ3v) is 1.72. The molecule has 0 spiro atoms. The number of rotatable bonds is 5. The van der Waals surface area contributed by atoms with Gasteiger partial charge in [0.05, 0.1) is 6.61 Å². The van der Waals surface area contributed by atoms with Crippen molar-refractivity contribution in [2.45, 2.75) is 6.04 Å². The fraction of sp³-hybridized carbons (Fsp3) is 0.333. The van der Waals surface area contributed by atoms with Crippen LogP contribution in [0.4, 0.5) is 0 Å². The molecule has 1 atom stereocenters. The summed E-state index contributed by atoms with van der Waals surface area (Å²) in [5.74, 6) is -0.980. The molecule has 0 radical (unpaired) electrons. The van der Waals surface area contributed by atoms with Gasteiger partial charge in [-0.05, 0) is 11.6 Å². The maximum atomic E-state index is 10.8. The lowest BCUT2D eigenvalue weighted by atomic mass is 10.1. The molecule has 0 aliphatic rings. The van der Waals surface area contributed by atoms with Gasteiger partial charge in [-0.1, -0.05) is 6.07 Å². The molecule has 5 heteroatoms. The van der Waals surface area contributed by atoms with E-state index in [-0.39, 0.29) is 13.2 Å². The summed E-state index contributed by atoms with van der Waals surface area (Å²) in [5, 5.41) is 20.1. The fourth-order valence-corrected chi connectivity index (χ4v) is 1.10. The zero-order valence-corrected chi connectivity index (χ0v) is 7.55. The number of hydrogen-bond acceptors (Lipinski definition) is 4. The zero-order valence-electron chi connectivity index (χ0n) is 7.55. The number of aliphatic hydroxyl groups is 1. The molecule has 0 saturated carbocycles. The first-order valence-electron chi connectivity index (χ1n) is 4.22. The van der Waals surface area contributed by atoms with Crippen LogP contribution in [0, 0.1) is 0 Å². The van der Waals surface area contributed by atoms with Crippen molar-refractivity contribution < 1.29 is 15.0 Å². The van der Waals surface area contributed by atoms with Gasteiger partial charge < -0.3 is 10.2 Å². The Bertz CT molecular complexity index is 289. The average Bonchev–Trinajstić information content (AvgIpc) is 2.19. The van der Waals surface area contributed by atoms with Crippen molar-refractivity contribution in [1.82, 2.24) is 10.3 Å². The number of aromatic nitrogens is 1. The van der Waals surface area contributed by atoms with E-state index in [1.54, 1.807) is 18.3 Å². The minimum absolute atomic E-state index is 0.0932. The Kier molecular flexibility index (Phi) is 4.03. The molecular weight excluding hydrogens is 184 g/mol. The van der Waals surface area contributed by atoms with Crippen LogP contribution < -0.4 is 5.32 Å². The lowest BCUT2D eigenvalue weighted by Crippen LogP contribution is -2.30. The first-order valence-corrected chi connectivity index (χ1v) is 4.22. The number of hydrogen-bond donors (Lipinski definition) is 3. The molecule has 1 heterocycles. The molecule has 0 saturated heterocycles. The number of aliphatic hydroxyl groups excluding tert-OH is 1. The van der Waals surface area contributed by atoms with Crippen LogP contribution in [-0.4, -0.2) is 34.3 Å². The molecule has 1 aromatic rings. The van der Waals surface area contributed by atoms with Gasteiger partial charge in [-0.3, -0.25) is 15.1 Å². The van der Waals surface area contributed by atoms with E-state index in [1.807, 2.05) is 0 Å². The van der Waals surface area contributed by atoms with Crippen LogP contribution >= 0.6 is 0 Å². The van der Waals surface area contributed by atoms with E-state index in [4.69, 9.17) is 10.2 Å². The summed E-state index contributed by atoms with van der Waals surface area (Å²) in [4.78, 5) is 14.7. The number of nitrogens with zero attached hydrogens (tertiary/aromatic N) is 1. The molecule has 0 aliphatic heterocycles. The number of carboxylic acid groups (broad SMARTS) is 1. The highest BCUT2D eigenvalue weighted by molar-refractivity contribution is 5.75. The number of nitrogens with one attached hydrogen (secondary N) is 1. The Labute approximate surface area is 81.4 Å². The van der Waals surface area contributed by atoms with Gasteiger partial charge in [-0.25, -0.2) is 0 Å². The SMILES string of the molecule is O=C(O)[C@@H](NCCO)c1cccnc1. The van der Waals surface area contributed by atoms with Gasteiger partial charge in [0.2, 0.25) is 0 Å².